The summed E-state index contributed by atoms with van der Waals surface area (Å²) in [5.41, 5.74) is 2.30. The molecule has 7 nitrogen and oxygen atoms in total. The van der Waals surface area contributed by atoms with Gasteiger partial charge in [-0.05, 0) is 48.0 Å². The van der Waals surface area contributed by atoms with Crippen molar-refractivity contribution in [2.24, 2.45) is 0 Å². The molecule has 0 saturated heterocycles. The number of hydrogen-bond acceptors (Lipinski definition) is 4. The van der Waals surface area contributed by atoms with E-state index in [1.165, 1.54) is 30.3 Å². The van der Waals surface area contributed by atoms with Crippen LogP contribution in [0.3, 0.4) is 0 Å². The summed E-state index contributed by atoms with van der Waals surface area (Å²) in [4.78, 5) is 34.8. The number of amides is 1. The number of rotatable bonds is 6. The van der Waals surface area contributed by atoms with Gasteiger partial charge in [0.15, 0.2) is 0 Å². The number of carboxylic acid groups (broad SMARTS) is 2. The predicted octanol–water partition coefficient (Wildman–Crippen LogP) is 5.05. The molecule has 0 bridgehead atoms. The molecule has 3 rings (SSSR count). The van der Waals surface area contributed by atoms with E-state index < -0.39 is 29.8 Å². The van der Waals surface area contributed by atoms with Crippen molar-refractivity contribution in [3.05, 3.63) is 95.3 Å². The highest BCUT2D eigenvalue weighted by Gasteiger charge is 2.38. The molecular formula is C24H20F4N2O5. The number of nitrogens with one attached hydrogen (secondary N) is 1. The normalized spacial score (nSPS) is 10.5. The van der Waals surface area contributed by atoms with Crippen molar-refractivity contribution in [1.29, 1.82) is 0 Å². The van der Waals surface area contributed by atoms with Crippen LogP contribution in [0.5, 0.6) is 0 Å². The number of carboxylic acids is 2. The fourth-order valence-corrected chi connectivity index (χ4v) is 2.86. The van der Waals surface area contributed by atoms with Crippen molar-refractivity contribution in [3.63, 3.8) is 0 Å². The number of hydrogen-bond donors (Lipinski definition) is 3. The maximum absolute atomic E-state index is 13.0. The Morgan fingerprint density at radius 1 is 0.914 bits per heavy atom. The average molecular weight is 492 g/mol. The fourth-order valence-electron chi connectivity index (χ4n) is 2.86. The Balaban J connectivity index is 0.000000540. The summed E-state index contributed by atoms with van der Waals surface area (Å²) in [6.07, 6.45) is -5.08. The first-order chi connectivity index (χ1) is 16.4. The molecule has 0 heterocycles. The van der Waals surface area contributed by atoms with Gasteiger partial charge in [-0.1, -0.05) is 30.3 Å². The second-order valence-corrected chi connectivity index (χ2v) is 7.14. The van der Waals surface area contributed by atoms with Gasteiger partial charge in [-0.25, -0.2) is 14.0 Å². The van der Waals surface area contributed by atoms with Crippen LogP contribution in [0.25, 0.3) is 0 Å². The molecule has 3 N–H and O–H groups in total. The summed E-state index contributed by atoms with van der Waals surface area (Å²) >= 11 is 0. The van der Waals surface area contributed by atoms with E-state index in [1.807, 2.05) is 42.3 Å². The Labute approximate surface area is 197 Å². The minimum absolute atomic E-state index is 0.0790. The van der Waals surface area contributed by atoms with Crippen molar-refractivity contribution in [3.8, 4) is 0 Å². The molecule has 3 aromatic carbocycles. The van der Waals surface area contributed by atoms with Crippen LogP contribution in [0.2, 0.25) is 0 Å². The number of carbonyl (C=O) groups excluding carboxylic acids is 1. The molecule has 0 atom stereocenters. The van der Waals surface area contributed by atoms with E-state index in [9.17, 15) is 32.3 Å². The van der Waals surface area contributed by atoms with Crippen LogP contribution in [-0.4, -0.2) is 41.3 Å². The van der Waals surface area contributed by atoms with Gasteiger partial charge in [0.25, 0.3) is 5.91 Å². The molecule has 0 aromatic heterocycles. The van der Waals surface area contributed by atoms with Gasteiger partial charge in [0, 0.05) is 24.8 Å². The van der Waals surface area contributed by atoms with Gasteiger partial charge in [0.2, 0.25) is 0 Å². The lowest BCUT2D eigenvalue weighted by Gasteiger charge is -2.22. The minimum atomic E-state index is -5.08. The lowest BCUT2D eigenvalue weighted by Crippen LogP contribution is -2.21. The van der Waals surface area contributed by atoms with Gasteiger partial charge in [-0.3, -0.25) is 4.79 Å². The number of aliphatic carboxylic acids is 1. The lowest BCUT2D eigenvalue weighted by atomic mass is 10.1. The van der Waals surface area contributed by atoms with E-state index in [2.05, 4.69) is 5.32 Å². The SMILES string of the molecule is CN(Cc1ccccc1)c1ccc(NC(=O)c2ccc(F)cc2)cc1C(=O)O.O=C(O)C(F)(F)F. The Kier molecular flexibility index (Phi) is 8.92. The Morgan fingerprint density at radius 2 is 1.49 bits per heavy atom. The Bertz CT molecular complexity index is 1180. The fraction of sp³-hybridized carbons (Fsp3) is 0.125. The second-order valence-electron chi connectivity index (χ2n) is 7.14. The van der Waals surface area contributed by atoms with Crippen LogP contribution in [-0.2, 0) is 11.3 Å². The van der Waals surface area contributed by atoms with Gasteiger partial charge >= 0.3 is 18.1 Å². The van der Waals surface area contributed by atoms with Gasteiger partial charge in [-0.2, -0.15) is 13.2 Å². The van der Waals surface area contributed by atoms with Crippen molar-refractivity contribution in [2.45, 2.75) is 12.7 Å². The molecule has 0 spiro atoms. The van der Waals surface area contributed by atoms with Crippen molar-refractivity contribution >= 4 is 29.2 Å². The standard InChI is InChI=1S/C22H19FN2O3.C2HF3O2/c1-25(14-15-5-3-2-4-6-15)20-12-11-18(13-19(20)22(27)28)24-21(26)16-7-9-17(23)10-8-16;3-2(4,5)1(6)7/h2-13H,14H2,1H3,(H,24,26)(H,27,28);(H,6,7). The van der Waals surface area contributed by atoms with Crippen LogP contribution >= 0.6 is 0 Å². The highest BCUT2D eigenvalue weighted by molar-refractivity contribution is 6.05. The molecule has 0 unspecified atom stereocenters. The first kappa shape index (κ1) is 26.8. The van der Waals surface area contributed by atoms with Crippen molar-refractivity contribution < 1.29 is 42.2 Å². The third kappa shape index (κ3) is 8.14. The van der Waals surface area contributed by atoms with Gasteiger partial charge < -0.3 is 20.4 Å². The third-order valence-electron chi connectivity index (χ3n) is 4.51. The monoisotopic (exact) mass is 492 g/mol. The number of benzene rings is 3. The topological polar surface area (TPSA) is 107 Å². The van der Waals surface area contributed by atoms with E-state index in [0.717, 1.165) is 5.56 Å². The summed E-state index contributed by atoms with van der Waals surface area (Å²) in [7, 11) is 1.81. The summed E-state index contributed by atoms with van der Waals surface area (Å²) in [6.45, 7) is 0.544. The summed E-state index contributed by atoms with van der Waals surface area (Å²) in [5, 5.41) is 19.4. The zero-order valence-corrected chi connectivity index (χ0v) is 18.2. The number of anilines is 2. The maximum Gasteiger partial charge on any atom is 0.490 e. The van der Waals surface area contributed by atoms with Gasteiger partial charge in [-0.15, -0.1) is 0 Å². The van der Waals surface area contributed by atoms with Crippen molar-refractivity contribution in [1.82, 2.24) is 0 Å². The molecule has 0 radical (unpaired) electrons. The van der Waals surface area contributed by atoms with E-state index in [1.54, 1.807) is 12.1 Å². The van der Waals surface area contributed by atoms with Gasteiger partial charge in [0.05, 0.1) is 11.3 Å². The van der Waals surface area contributed by atoms with Crippen LogP contribution in [0.4, 0.5) is 28.9 Å². The third-order valence-corrected chi connectivity index (χ3v) is 4.51. The van der Waals surface area contributed by atoms with E-state index in [4.69, 9.17) is 9.90 Å². The molecule has 0 aliphatic rings. The molecule has 184 valence electrons. The molecule has 11 heteroatoms. The molecule has 1 amide bonds. The quantitative estimate of drug-likeness (QED) is 0.416. The second kappa shape index (κ2) is 11.6. The van der Waals surface area contributed by atoms with Crippen molar-refractivity contribution in [2.75, 3.05) is 17.3 Å². The maximum atomic E-state index is 13.0. The number of nitrogens with zero attached hydrogens (tertiary/aromatic N) is 1. The largest absolute Gasteiger partial charge is 0.490 e. The zero-order chi connectivity index (χ0) is 26.2. The molecule has 0 saturated carbocycles. The Morgan fingerprint density at radius 3 is 2.00 bits per heavy atom. The van der Waals surface area contributed by atoms with Crippen LogP contribution in [0.1, 0.15) is 26.3 Å². The average Bonchev–Trinajstić information content (AvgIpc) is 2.79. The molecule has 0 aliphatic heterocycles. The number of halogens is 4. The Hall–Kier alpha value is -4.41. The first-order valence-corrected chi connectivity index (χ1v) is 9.88. The number of aromatic carboxylic acids is 1. The predicted molar refractivity (Wildman–Crippen MR) is 120 cm³/mol. The summed E-state index contributed by atoms with van der Waals surface area (Å²) in [6, 6.07) is 19.5. The van der Waals surface area contributed by atoms with E-state index in [0.29, 0.717) is 17.9 Å². The molecular weight excluding hydrogens is 472 g/mol. The summed E-state index contributed by atoms with van der Waals surface area (Å²) in [5.74, 6) is -4.72. The lowest BCUT2D eigenvalue weighted by molar-refractivity contribution is -0.192. The summed E-state index contributed by atoms with van der Waals surface area (Å²) < 4.78 is 44.7. The molecule has 3 aromatic rings. The first-order valence-electron chi connectivity index (χ1n) is 9.88. The highest BCUT2D eigenvalue weighted by Crippen LogP contribution is 2.25. The zero-order valence-electron chi connectivity index (χ0n) is 18.2. The number of carbonyl (C=O) groups is 3. The van der Waals surface area contributed by atoms with Gasteiger partial charge in [0.1, 0.15) is 5.82 Å². The van der Waals surface area contributed by atoms with Crippen LogP contribution in [0, 0.1) is 5.82 Å². The highest BCUT2D eigenvalue weighted by atomic mass is 19.4. The smallest absolute Gasteiger partial charge is 0.478 e. The minimum Gasteiger partial charge on any atom is -0.478 e. The van der Waals surface area contributed by atoms with E-state index >= 15 is 0 Å². The number of alkyl halides is 3. The molecule has 0 aliphatic carbocycles. The molecule has 0 fully saturated rings. The van der Waals surface area contributed by atoms with Crippen LogP contribution in [0.15, 0.2) is 72.8 Å². The van der Waals surface area contributed by atoms with E-state index in [-0.39, 0.29) is 11.1 Å². The molecule has 35 heavy (non-hydrogen) atoms. The van der Waals surface area contributed by atoms with Crippen LogP contribution < -0.4 is 10.2 Å².